The number of likely N-dealkylation sites (N-methyl/N-ethyl adjacent to an activating group) is 1. The highest BCUT2D eigenvalue weighted by atomic mass is 32.1. The lowest BCUT2D eigenvalue weighted by molar-refractivity contribution is 0.583. The van der Waals surface area contributed by atoms with Crippen molar-refractivity contribution in [2.45, 2.75) is 26.3 Å². The second-order valence-electron chi connectivity index (χ2n) is 4.54. The second-order valence-corrected chi connectivity index (χ2v) is 6.00. The number of hydrogen-bond acceptors (Lipinski definition) is 2. The van der Waals surface area contributed by atoms with Gasteiger partial charge < -0.3 is 5.32 Å². The highest BCUT2D eigenvalue weighted by Gasteiger charge is 2.14. The maximum atomic E-state index is 13.2. The van der Waals surface area contributed by atoms with E-state index in [0.29, 0.717) is 0 Å². The molecule has 1 heterocycles. The fourth-order valence-corrected chi connectivity index (χ4v) is 3.25. The Morgan fingerprint density at radius 1 is 1.28 bits per heavy atom. The summed E-state index contributed by atoms with van der Waals surface area (Å²) in [6, 6.07) is 9.30. The van der Waals surface area contributed by atoms with Gasteiger partial charge >= 0.3 is 0 Å². The van der Waals surface area contributed by atoms with Crippen LogP contribution in [0.25, 0.3) is 0 Å². The van der Waals surface area contributed by atoms with Gasteiger partial charge in [-0.15, -0.1) is 11.3 Å². The van der Waals surface area contributed by atoms with Crippen molar-refractivity contribution in [3.05, 3.63) is 57.0 Å². The van der Waals surface area contributed by atoms with E-state index in [1.54, 1.807) is 12.1 Å². The van der Waals surface area contributed by atoms with Gasteiger partial charge in [0.2, 0.25) is 0 Å². The van der Waals surface area contributed by atoms with Crippen LogP contribution >= 0.6 is 11.3 Å². The zero-order chi connectivity index (χ0) is 13.1. The molecule has 1 nitrogen and oxygen atoms in total. The minimum absolute atomic E-state index is 0.166. The summed E-state index contributed by atoms with van der Waals surface area (Å²) in [6.45, 7) is 4.26. The summed E-state index contributed by atoms with van der Waals surface area (Å²) in [5, 5.41) is 3.32. The van der Waals surface area contributed by atoms with Crippen molar-refractivity contribution in [2.24, 2.45) is 0 Å². The highest BCUT2D eigenvalue weighted by Crippen LogP contribution is 2.28. The molecule has 0 aliphatic carbocycles. The number of thiophene rings is 1. The molecule has 0 saturated heterocycles. The van der Waals surface area contributed by atoms with Crippen LogP contribution in [0.5, 0.6) is 0 Å². The van der Waals surface area contributed by atoms with E-state index in [9.17, 15) is 4.39 Å². The van der Waals surface area contributed by atoms with E-state index >= 15 is 0 Å². The van der Waals surface area contributed by atoms with Crippen LogP contribution < -0.4 is 5.32 Å². The van der Waals surface area contributed by atoms with E-state index in [2.05, 4.69) is 25.2 Å². The third-order valence-corrected chi connectivity index (χ3v) is 4.11. The van der Waals surface area contributed by atoms with Gasteiger partial charge in [-0.2, -0.15) is 0 Å². The third kappa shape index (κ3) is 2.98. The van der Waals surface area contributed by atoms with Crippen molar-refractivity contribution in [2.75, 3.05) is 7.05 Å². The molecule has 0 aliphatic heterocycles. The Hall–Kier alpha value is -1.19. The summed E-state index contributed by atoms with van der Waals surface area (Å²) in [5.74, 6) is -0.166. The molecule has 0 fully saturated rings. The highest BCUT2D eigenvalue weighted by molar-refractivity contribution is 7.12. The summed E-state index contributed by atoms with van der Waals surface area (Å²) in [5.41, 5.74) is 2.35. The van der Waals surface area contributed by atoms with Gasteiger partial charge in [-0.25, -0.2) is 4.39 Å². The first-order valence-corrected chi connectivity index (χ1v) is 6.90. The molecule has 0 saturated carbocycles. The summed E-state index contributed by atoms with van der Waals surface area (Å²) in [4.78, 5) is 2.66. The van der Waals surface area contributed by atoms with E-state index in [1.165, 1.54) is 21.4 Å². The van der Waals surface area contributed by atoms with Crippen LogP contribution in [-0.2, 0) is 6.42 Å². The zero-order valence-corrected chi connectivity index (χ0v) is 11.8. The fourth-order valence-electron chi connectivity index (χ4n) is 2.26. The molecule has 2 rings (SSSR count). The van der Waals surface area contributed by atoms with Gasteiger partial charge in [0.05, 0.1) is 0 Å². The summed E-state index contributed by atoms with van der Waals surface area (Å²) >= 11 is 1.81. The molecule has 1 aromatic carbocycles. The van der Waals surface area contributed by atoms with Crippen molar-refractivity contribution in [3.63, 3.8) is 0 Å². The molecule has 1 unspecified atom stereocenters. The van der Waals surface area contributed by atoms with Crippen molar-refractivity contribution < 1.29 is 4.39 Å². The second kappa shape index (κ2) is 5.63. The van der Waals surface area contributed by atoms with Crippen LogP contribution in [0.3, 0.4) is 0 Å². The molecule has 96 valence electrons. The Balaban J connectivity index is 2.22. The number of hydrogen-bond donors (Lipinski definition) is 1. The van der Waals surface area contributed by atoms with E-state index < -0.39 is 0 Å². The van der Waals surface area contributed by atoms with Crippen LogP contribution in [0.4, 0.5) is 4.39 Å². The molecule has 3 heteroatoms. The lowest BCUT2D eigenvalue weighted by atomic mass is 9.99. The van der Waals surface area contributed by atoms with Crippen LogP contribution in [0, 0.1) is 19.7 Å². The summed E-state index contributed by atoms with van der Waals surface area (Å²) < 4.78 is 13.2. The molecule has 0 radical (unpaired) electrons. The van der Waals surface area contributed by atoms with Gasteiger partial charge in [0, 0.05) is 15.8 Å². The molecular weight excluding hydrogens is 245 g/mol. The Labute approximate surface area is 112 Å². The van der Waals surface area contributed by atoms with Crippen molar-refractivity contribution in [1.82, 2.24) is 5.32 Å². The average molecular weight is 263 g/mol. The molecule has 2 aromatic rings. The van der Waals surface area contributed by atoms with E-state index in [4.69, 9.17) is 0 Å². The van der Waals surface area contributed by atoms with Crippen molar-refractivity contribution >= 4 is 11.3 Å². The van der Waals surface area contributed by atoms with Gasteiger partial charge in [-0.1, -0.05) is 12.1 Å². The minimum Gasteiger partial charge on any atom is -0.313 e. The smallest absolute Gasteiger partial charge is 0.123 e. The Morgan fingerprint density at radius 2 is 2.06 bits per heavy atom. The molecule has 0 spiro atoms. The molecule has 1 N–H and O–H groups in total. The monoisotopic (exact) mass is 263 g/mol. The lowest BCUT2D eigenvalue weighted by Gasteiger charge is -2.16. The van der Waals surface area contributed by atoms with Gasteiger partial charge in [0.1, 0.15) is 5.82 Å². The molecule has 1 atom stereocenters. The average Bonchev–Trinajstić information content (AvgIpc) is 2.65. The van der Waals surface area contributed by atoms with Gasteiger partial charge in [0.25, 0.3) is 0 Å². The maximum Gasteiger partial charge on any atom is 0.123 e. The first kappa shape index (κ1) is 13.2. The Morgan fingerprint density at radius 3 is 2.61 bits per heavy atom. The number of benzene rings is 1. The molecular formula is C15H18FNS. The lowest BCUT2D eigenvalue weighted by Crippen LogP contribution is -2.19. The van der Waals surface area contributed by atoms with Gasteiger partial charge in [-0.05, 0) is 56.6 Å². The van der Waals surface area contributed by atoms with Crippen LogP contribution in [0.1, 0.15) is 26.9 Å². The minimum atomic E-state index is -0.166. The van der Waals surface area contributed by atoms with Gasteiger partial charge in [-0.3, -0.25) is 0 Å². The standard InChI is InChI=1S/C15H18FNS/c1-10-7-14(11(2)18-10)15(17-3)9-12-5-4-6-13(16)8-12/h4-8,15,17H,9H2,1-3H3. The predicted octanol–water partition coefficient (Wildman–Crippen LogP) is 4.01. The molecule has 0 amide bonds. The van der Waals surface area contributed by atoms with Crippen LogP contribution in [0.15, 0.2) is 30.3 Å². The Kier molecular flexibility index (Phi) is 4.15. The first-order valence-electron chi connectivity index (χ1n) is 6.09. The van der Waals surface area contributed by atoms with Crippen LogP contribution in [0.2, 0.25) is 0 Å². The predicted molar refractivity (Wildman–Crippen MR) is 75.7 cm³/mol. The zero-order valence-electron chi connectivity index (χ0n) is 11.0. The number of nitrogens with one attached hydrogen (secondary N) is 1. The normalized spacial score (nSPS) is 12.7. The number of halogens is 1. The molecule has 1 aromatic heterocycles. The first-order chi connectivity index (χ1) is 8.60. The van der Waals surface area contributed by atoms with E-state index in [-0.39, 0.29) is 11.9 Å². The quantitative estimate of drug-likeness (QED) is 0.879. The maximum absolute atomic E-state index is 13.2. The molecule has 0 bridgehead atoms. The largest absolute Gasteiger partial charge is 0.313 e. The van der Waals surface area contributed by atoms with Crippen LogP contribution in [-0.4, -0.2) is 7.05 Å². The fraction of sp³-hybridized carbons (Fsp3) is 0.333. The van der Waals surface area contributed by atoms with E-state index in [1.807, 2.05) is 24.5 Å². The molecule has 0 aliphatic rings. The van der Waals surface area contributed by atoms with E-state index in [0.717, 1.165) is 12.0 Å². The van der Waals surface area contributed by atoms with Gasteiger partial charge in [0.15, 0.2) is 0 Å². The SMILES string of the molecule is CNC(Cc1cccc(F)c1)c1cc(C)sc1C. The number of rotatable bonds is 4. The Bertz CT molecular complexity index is 533. The summed E-state index contributed by atoms with van der Waals surface area (Å²) in [7, 11) is 1.95. The van der Waals surface area contributed by atoms with Crippen molar-refractivity contribution in [1.29, 1.82) is 0 Å². The third-order valence-electron chi connectivity index (χ3n) is 3.13. The topological polar surface area (TPSA) is 12.0 Å². The summed E-state index contributed by atoms with van der Waals surface area (Å²) in [6.07, 6.45) is 0.811. The molecule has 18 heavy (non-hydrogen) atoms. The number of aryl methyl sites for hydroxylation is 2. The van der Waals surface area contributed by atoms with Crippen molar-refractivity contribution in [3.8, 4) is 0 Å².